The number of nitrogens with zero attached hydrogens (tertiary/aromatic N) is 1. The van der Waals surface area contributed by atoms with Crippen LogP contribution in [0.2, 0.25) is 0 Å². The van der Waals surface area contributed by atoms with Crippen molar-refractivity contribution in [3.8, 4) is 17.0 Å². The molecular formula is C19H20N2OS. The highest BCUT2D eigenvalue weighted by molar-refractivity contribution is 7.13. The summed E-state index contributed by atoms with van der Waals surface area (Å²) in [5.41, 5.74) is 10.1. The van der Waals surface area contributed by atoms with Crippen molar-refractivity contribution in [1.82, 2.24) is 4.98 Å². The van der Waals surface area contributed by atoms with Crippen molar-refractivity contribution >= 4 is 16.5 Å². The van der Waals surface area contributed by atoms with Gasteiger partial charge in [-0.3, -0.25) is 0 Å². The number of rotatable bonds is 5. The number of aromatic nitrogens is 1. The molecule has 0 radical (unpaired) electrons. The molecule has 0 aliphatic carbocycles. The van der Waals surface area contributed by atoms with Crippen LogP contribution in [-0.2, 0) is 6.61 Å². The Morgan fingerprint density at radius 2 is 1.91 bits per heavy atom. The molecule has 0 bridgehead atoms. The van der Waals surface area contributed by atoms with Crippen LogP contribution < -0.4 is 10.5 Å². The van der Waals surface area contributed by atoms with E-state index in [0.29, 0.717) is 17.7 Å². The van der Waals surface area contributed by atoms with Crippen molar-refractivity contribution in [2.75, 3.05) is 5.73 Å². The normalized spacial score (nSPS) is 10.9. The number of nitrogen functional groups attached to an aromatic ring is 1. The van der Waals surface area contributed by atoms with Gasteiger partial charge in [0.25, 0.3) is 0 Å². The molecule has 3 rings (SSSR count). The van der Waals surface area contributed by atoms with Gasteiger partial charge >= 0.3 is 0 Å². The Morgan fingerprint density at radius 1 is 1.13 bits per heavy atom. The fourth-order valence-electron chi connectivity index (χ4n) is 2.33. The first-order valence-electron chi connectivity index (χ1n) is 7.65. The van der Waals surface area contributed by atoms with Gasteiger partial charge in [-0.1, -0.05) is 50.2 Å². The second-order valence-electron chi connectivity index (χ2n) is 5.78. The standard InChI is InChI=1S/C19H20N2OS/c1-13(2)15-8-6-14(7-9-15)11-22-17-5-3-4-16(10-17)18-12-23-19(20)21-18/h3-10,12-13H,11H2,1-2H3,(H2,20,21). The molecule has 3 nitrogen and oxygen atoms in total. The SMILES string of the molecule is CC(C)c1ccc(COc2cccc(-c3csc(N)n3)c2)cc1. The van der Waals surface area contributed by atoms with Crippen LogP contribution in [0.5, 0.6) is 5.75 Å². The summed E-state index contributed by atoms with van der Waals surface area (Å²) in [7, 11) is 0. The van der Waals surface area contributed by atoms with Gasteiger partial charge in [0, 0.05) is 10.9 Å². The van der Waals surface area contributed by atoms with E-state index in [9.17, 15) is 0 Å². The van der Waals surface area contributed by atoms with E-state index in [1.54, 1.807) is 0 Å². The van der Waals surface area contributed by atoms with Crippen LogP contribution in [0, 0.1) is 0 Å². The highest BCUT2D eigenvalue weighted by Gasteiger charge is 2.05. The lowest BCUT2D eigenvalue weighted by atomic mass is 10.0. The number of benzene rings is 2. The van der Waals surface area contributed by atoms with Crippen molar-refractivity contribution in [3.63, 3.8) is 0 Å². The summed E-state index contributed by atoms with van der Waals surface area (Å²) in [5.74, 6) is 1.38. The highest BCUT2D eigenvalue weighted by Crippen LogP contribution is 2.26. The predicted octanol–water partition coefficient (Wildman–Crippen LogP) is 5.09. The van der Waals surface area contributed by atoms with Gasteiger partial charge in [0.15, 0.2) is 5.13 Å². The van der Waals surface area contributed by atoms with Gasteiger partial charge in [-0.05, 0) is 29.2 Å². The molecule has 2 N–H and O–H groups in total. The van der Waals surface area contributed by atoms with Crippen LogP contribution >= 0.6 is 11.3 Å². The molecule has 1 aromatic heterocycles. The second-order valence-corrected chi connectivity index (χ2v) is 6.67. The summed E-state index contributed by atoms with van der Waals surface area (Å²) < 4.78 is 5.91. The summed E-state index contributed by atoms with van der Waals surface area (Å²) >= 11 is 1.44. The Labute approximate surface area is 140 Å². The zero-order valence-electron chi connectivity index (χ0n) is 13.3. The number of hydrogen-bond donors (Lipinski definition) is 1. The molecule has 4 heteroatoms. The zero-order valence-corrected chi connectivity index (χ0v) is 14.1. The quantitative estimate of drug-likeness (QED) is 0.710. The molecule has 0 unspecified atom stereocenters. The molecular weight excluding hydrogens is 304 g/mol. The van der Waals surface area contributed by atoms with E-state index in [2.05, 4.69) is 43.1 Å². The van der Waals surface area contributed by atoms with Crippen molar-refractivity contribution in [2.45, 2.75) is 26.4 Å². The molecule has 0 aliphatic rings. The minimum absolute atomic E-state index is 0.548. The van der Waals surface area contributed by atoms with Crippen LogP contribution in [0.25, 0.3) is 11.3 Å². The Bertz CT molecular complexity index is 778. The third-order valence-electron chi connectivity index (χ3n) is 3.70. The molecule has 118 valence electrons. The van der Waals surface area contributed by atoms with Crippen molar-refractivity contribution in [1.29, 1.82) is 0 Å². The zero-order chi connectivity index (χ0) is 16.2. The maximum atomic E-state index is 5.91. The van der Waals surface area contributed by atoms with Crippen LogP contribution in [0.4, 0.5) is 5.13 Å². The first-order valence-corrected chi connectivity index (χ1v) is 8.53. The van der Waals surface area contributed by atoms with Gasteiger partial charge in [0.1, 0.15) is 12.4 Å². The van der Waals surface area contributed by atoms with Crippen molar-refractivity contribution in [2.24, 2.45) is 0 Å². The third kappa shape index (κ3) is 3.90. The highest BCUT2D eigenvalue weighted by atomic mass is 32.1. The van der Waals surface area contributed by atoms with E-state index >= 15 is 0 Å². The summed E-state index contributed by atoms with van der Waals surface area (Å²) in [5, 5.41) is 2.54. The van der Waals surface area contributed by atoms with Crippen LogP contribution in [0.3, 0.4) is 0 Å². The molecule has 0 spiro atoms. The smallest absolute Gasteiger partial charge is 0.180 e. The number of thiazole rings is 1. The average molecular weight is 324 g/mol. The molecule has 23 heavy (non-hydrogen) atoms. The number of ether oxygens (including phenoxy) is 1. The van der Waals surface area contributed by atoms with Crippen LogP contribution in [0.15, 0.2) is 53.9 Å². The molecule has 0 saturated carbocycles. The molecule has 0 amide bonds. The summed E-state index contributed by atoms with van der Waals surface area (Å²) in [6.07, 6.45) is 0. The molecule has 1 heterocycles. The van der Waals surface area contributed by atoms with Gasteiger partial charge in [-0.15, -0.1) is 11.3 Å². The summed E-state index contributed by atoms with van der Waals surface area (Å²) in [6.45, 7) is 4.95. The summed E-state index contributed by atoms with van der Waals surface area (Å²) in [4.78, 5) is 4.31. The topological polar surface area (TPSA) is 48.1 Å². The lowest BCUT2D eigenvalue weighted by molar-refractivity contribution is 0.306. The van der Waals surface area contributed by atoms with E-state index < -0.39 is 0 Å². The Hall–Kier alpha value is -2.33. The third-order valence-corrected chi connectivity index (χ3v) is 4.38. The van der Waals surface area contributed by atoms with Gasteiger partial charge in [0.05, 0.1) is 5.69 Å². The molecule has 0 aliphatic heterocycles. The van der Waals surface area contributed by atoms with Gasteiger partial charge in [0.2, 0.25) is 0 Å². The lowest BCUT2D eigenvalue weighted by Gasteiger charge is -2.09. The predicted molar refractivity (Wildman–Crippen MR) is 96.8 cm³/mol. The maximum absolute atomic E-state index is 5.91. The number of anilines is 1. The van der Waals surface area contributed by atoms with Crippen molar-refractivity contribution < 1.29 is 4.74 Å². The van der Waals surface area contributed by atoms with E-state index in [4.69, 9.17) is 10.5 Å². The van der Waals surface area contributed by atoms with Crippen molar-refractivity contribution in [3.05, 3.63) is 65.0 Å². The molecule has 0 fully saturated rings. The largest absolute Gasteiger partial charge is 0.489 e. The second kappa shape index (κ2) is 6.84. The number of hydrogen-bond acceptors (Lipinski definition) is 4. The Morgan fingerprint density at radius 3 is 2.57 bits per heavy atom. The van der Waals surface area contributed by atoms with Gasteiger partial charge in [-0.2, -0.15) is 0 Å². The van der Waals surface area contributed by atoms with Crippen LogP contribution in [0.1, 0.15) is 30.9 Å². The average Bonchev–Trinajstić information content (AvgIpc) is 3.00. The number of nitrogens with two attached hydrogens (primary N) is 1. The first-order chi connectivity index (χ1) is 11.1. The van der Waals surface area contributed by atoms with E-state index in [-0.39, 0.29) is 0 Å². The minimum atomic E-state index is 0.548. The summed E-state index contributed by atoms with van der Waals surface area (Å²) in [6, 6.07) is 16.5. The first kappa shape index (κ1) is 15.6. The Kier molecular flexibility index (Phi) is 4.63. The fourth-order valence-corrected chi connectivity index (χ4v) is 2.90. The Balaban J connectivity index is 1.68. The van der Waals surface area contributed by atoms with E-state index in [1.807, 2.05) is 29.6 Å². The molecule has 2 aromatic carbocycles. The molecule has 0 saturated heterocycles. The lowest BCUT2D eigenvalue weighted by Crippen LogP contribution is -1.96. The van der Waals surface area contributed by atoms with E-state index in [0.717, 1.165) is 22.6 Å². The monoisotopic (exact) mass is 324 g/mol. The van der Waals surface area contributed by atoms with Gasteiger partial charge < -0.3 is 10.5 Å². The van der Waals surface area contributed by atoms with Gasteiger partial charge in [-0.25, -0.2) is 4.98 Å². The maximum Gasteiger partial charge on any atom is 0.180 e. The minimum Gasteiger partial charge on any atom is -0.489 e. The fraction of sp³-hybridized carbons (Fsp3) is 0.211. The molecule has 0 atom stereocenters. The van der Waals surface area contributed by atoms with Crippen LogP contribution in [-0.4, -0.2) is 4.98 Å². The molecule has 3 aromatic rings. The van der Waals surface area contributed by atoms with E-state index in [1.165, 1.54) is 16.9 Å².